The molecule has 1 aromatic rings. The van der Waals surface area contributed by atoms with E-state index in [-0.39, 0.29) is 13.2 Å². The summed E-state index contributed by atoms with van der Waals surface area (Å²) >= 11 is 0. The van der Waals surface area contributed by atoms with Crippen LogP contribution in [-0.2, 0) is 14.3 Å². The van der Waals surface area contributed by atoms with Crippen molar-refractivity contribution < 1.29 is 19.1 Å². The fraction of sp³-hybridized carbons (Fsp3) is 0.357. The van der Waals surface area contributed by atoms with Gasteiger partial charge in [-0.2, -0.15) is 0 Å². The number of nitrogens with one attached hydrogen (secondary N) is 3. The number of esters is 1. The van der Waals surface area contributed by atoms with Crippen LogP contribution in [0.25, 0.3) is 0 Å². The Labute approximate surface area is 123 Å². The Morgan fingerprint density at radius 2 is 1.86 bits per heavy atom. The van der Waals surface area contributed by atoms with Crippen molar-refractivity contribution >= 4 is 23.6 Å². The molecule has 1 unspecified atom stereocenters. The third kappa shape index (κ3) is 6.42. The molecule has 0 saturated heterocycles. The van der Waals surface area contributed by atoms with Crippen LogP contribution in [0.4, 0.5) is 10.5 Å². The van der Waals surface area contributed by atoms with Crippen LogP contribution in [0.1, 0.15) is 13.8 Å². The molecule has 3 amide bonds. The number of benzene rings is 1. The van der Waals surface area contributed by atoms with Gasteiger partial charge in [-0.15, -0.1) is 0 Å². The molecule has 21 heavy (non-hydrogen) atoms. The number of hydrogen-bond donors (Lipinski definition) is 3. The minimum atomic E-state index is -0.753. The summed E-state index contributed by atoms with van der Waals surface area (Å²) in [5, 5.41) is 7.39. The second-order valence-electron chi connectivity index (χ2n) is 4.21. The molecule has 7 nitrogen and oxygen atoms in total. The van der Waals surface area contributed by atoms with E-state index < -0.39 is 23.9 Å². The van der Waals surface area contributed by atoms with Crippen molar-refractivity contribution in [3.05, 3.63) is 30.3 Å². The average molecular weight is 293 g/mol. The van der Waals surface area contributed by atoms with Gasteiger partial charge < -0.3 is 20.7 Å². The molecule has 0 fully saturated rings. The van der Waals surface area contributed by atoms with Gasteiger partial charge in [-0.1, -0.05) is 18.2 Å². The van der Waals surface area contributed by atoms with Crippen molar-refractivity contribution in [2.75, 3.05) is 18.5 Å². The number of carbonyl (C=O) groups is 3. The SMILES string of the molecule is CCOC(=O)C(C)NC(=O)CNC(=O)Nc1ccccc1. The number of para-hydroxylation sites is 1. The van der Waals surface area contributed by atoms with Gasteiger partial charge in [0.1, 0.15) is 6.04 Å². The summed E-state index contributed by atoms with van der Waals surface area (Å²) in [5.41, 5.74) is 0.621. The standard InChI is InChI=1S/C14H19N3O4/c1-3-21-13(19)10(2)16-12(18)9-15-14(20)17-11-7-5-4-6-8-11/h4-8,10H,3,9H2,1-2H3,(H,16,18)(H2,15,17,20). The van der Waals surface area contributed by atoms with Gasteiger partial charge in [0.15, 0.2) is 0 Å². The van der Waals surface area contributed by atoms with Crippen LogP contribution in [0.5, 0.6) is 0 Å². The smallest absolute Gasteiger partial charge is 0.328 e. The highest BCUT2D eigenvalue weighted by Gasteiger charge is 2.16. The van der Waals surface area contributed by atoms with Crippen molar-refractivity contribution in [3.8, 4) is 0 Å². The number of amides is 3. The van der Waals surface area contributed by atoms with Crippen molar-refractivity contribution in [2.45, 2.75) is 19.9 Å². The Morgan fingerprint density at radius 1 is 1.19 bits per heavy atom. The van der Waals surface area contributed by atoms with E-state index in [1.165, 1.54) is 6.92 Å². The predicted octanol–water partition coefficient (Wildman–Crippen LogP) is 0.876. The molecule has 1 rings (SSSR count). The summed E-state index contributed by atoms with van der Waals surface area (Å²) in [6.45, 7) is 3.21. The molecular formula is C14H19N3O4. The van der Waals surface area contributed by atoms with Crippen LogP contribution < -0.4 is 16.0 Å². The molecule has 0 radical (unpaired) electrons. The van der Waals surface area contributed by atoms with Crippen molar-refractivity contribution in [1.82, 2.24) is 10.6 Å². The lowest BCUT2D eigenvalue weighted by Gasteiger charge is -2.13. The van der Waals surface area contributed by atoms with E-state index in [1.54, 1.807) is 31.2 Å². The first-order valence-corrected chi connectivity index (χ1v) is 6.58. The maximum atomic E-state index is 11.6. The fourth-order valence-corrected chi connectivity index (χ4v) is 1.48. The summed E-state index contributed by atoms with van der Waals surface area (Å²) < 4.78 is 4.76. The summed E-state index contributed by atoms with van der Waals surface area (Å²) in [5.74, 6) is -0.988. The van der Waals surface area contributed by atoms with Crippen LogP contribution >= 0.6 is 0 Å². The van der Waals surface area contributed by atoms with Crippen LogP contribution in [0.2, 0.25) is 0 Å². The van der Waals surface area contributed by atoms with Gasteiger partial charge in [-0.3, -0.25) is 4.79 Å². The Hall–Kier alpha value is -2.57. The lowest BCUT2D eigenvalue weighted by molar-refractivity contribution is -0.146. The minimum absolute atomic E-state index is 0.234. The molecule has 0 bridgehead atoms. The maximum absolute atomic E-state index is 11.6. The van der Waals surface area contributed by atoms with E-state index in [4.69, 9.17) is 4.74 Å². The second kappa shape index (κ2) is 8.57. The number of ether oxygens (including phenoxy) is 1. The number of carbonyl (C=O) groups excluding carboxylic acids is 3. The van der Waals surface area contributed by atoms with Gasteiger partial charge in [-0.05, 0) is 26.0 Å². The van der Waals surface area contributed by atoms with Crippen LogP contribution in [0.3, 0.4) is 0 Å². The second-order valence-corrected chi connectivity index (χ2v) is 4.21. The molecule has 114 valence electrons. The highest BCUT2D eigenvalue weighted by molar-refractivity contribution is 5.93. The van der Waals surface area contributed by atoms with E-state index in [2.05, 4.69) is 16.0 Å². The first kappa shape index (κ1) is 16.5. The monoisotopic (exact) mass is 293 g/mol. The van der Waals surface area contributed by atoms with Gasteiger partial charge in [-0.25, -0.2) is 9.59 Å². The molecule has 3 N–H and O–H groups in total. The highest BCUT2D eigenvalue weighted by atomic mass is 16.5. The van der Waals surface area contributed by atoms with Crippen LogP contribution in [-0.4, -0.2) is 37.1 Å². The lowest BCUT2D eigenvalue weighted by atomic mass is 10.3. The Kier molecular flexibility index (Phi) is 6.73. The van der Waals surface area contributed by atoms with Gasteiger partial charge in [0.05, 0.1) is 13.2 Å². The van der Waals surface area contributed by atoms with Gasteiger partial charge in [0.2, 0.25) is 5.91 Å². The molecule has 0 aliphatic carbocycles. The molecule has 0 heterocycles. The largest absolute Gasteiger partial charge is 0.464 e. The van der Waals surface area contributed by atoms with Crippen molar-refractivity contribution in [1.29, 1.82) is 0 Å². The molecule has 0 saturated carbocycles. The average Bonchev–Trinajstić information content (AvgIpc) is 2.46. The first-order chi connectivity index (χ1) is 10.0. The molecule has 0 aromatic heterocycles. The maximum Gasteiger partial charge on any atom is 0.328 e. The van der Waals surface area contributed by atoms with Gasteiger partial charge >= 0.3 is 12.0 Å². The fourth-order valence-electron chi connectivity index (χ4n) is 1.48. The third-order valence-electron chi connectivity index (χ3n) is 2.46. The Morgan fingerprint density at radius 3 is 2.48 bits per heavy atom. The summed E-state index contributed by atoms with van der Waals surface area (Å²) in [6, 6.07) is 7.59. The summed E-state index contributed by atoms with van der Waals surface area (Å²) in [6.07, 6.45) is 0. The summed E-state index contributed by atoms with van der Waals surface area (Å²) in [7, 11) is 0. The highest BCUT2D eigenvalue weighted by Crippen LogP contribution is 2.03. The topological polar surface area (TPSA) is 96.5 Å². The molecule has 0 aliphatic heterocycles. The molecular weight excluding hydrogens is 274 g/mol. The van der Waals surface area contributed by atoms with Crippen molar-refractivity contribution in [3.63, 3.8) is 0 Å². The Balaban J connectivity index is 2.29. The minimum Gasteiger partial charge on any atom is -0.464 e. The molecule has 1 aromatic carbocycles. The van der Waals surface area contributed by atoms with E-state index >= 15 is 0 Å². The van der Waals surface area contributed by atoms with E-state index in [9.17, 15) is 14.4 Å². The number of rotatable bonds is 6. The third-order valence-corrected chi connectivity index (χ3v) is 2.46. The zero-order chi connectivity index (χ0) is 15.7. The summed E-state index contributed by atoms with van der Waals surface area (Å²) in [4.78, 5) is 34.4. The number of urea groups is 1. The molecule has 1 atom stereocenters. The predicted molar refractivity (Wildman–Crippen MR) is 77.7 cm³/mol. The first-order valence-electron chi connectivity index (χ1n) is 6.58. The van der Waals surface area contributed by atoms with E-state index in [0.29, 0.717) is 5.69 Å². The van der Waals surface area contributed by atoms with Crippen molar-refractivity contribution in [2.24, 2.45) is 0 Å². The quantitative estimate of drug-likeness (QED) is 0.678. The number of hydrogen-bond acceptors (Lipinski definition) is 4. The molecule has 0 spiro atoms. The number of anilines is 1. The zero-order valence-corrected chi connectivity index (χ0v) is 12.0. The van der Waals surface area contributed by atoms with Crippen LogP contribution in [0.15, 0.2) is 30.3 Å². The zero-order valence-electron chi connectivity index (χ0n) is 12.0. The molecule has 7 heteroatoms. The Bertz CT molecular complexity index is 490. The lowest BCUT2D eigenvalue weighted by Crippen LogP contribution is -2.45. The van der Waals surface area contributed by atoms with Gasteiger partial charge in [0.25, 0.3) is 0 Å². The molecule has 0 aliphatic rings. The van der Waals surface area contributed by atoms with Gasteiger partial charge in [0, 0.05) is 5.69 Å². The van der Waals surface area contributed by atoms with E-state index in [0.717, 1.165) is 0 Å². The van der Waals surface area contributed by atoms with Crippen LogP contribution in [0, 0.1) is 0 Å². The normalized spacial score (nSPS) is 11.1. The van der Waals surface area contributed by atoms with E-state index in [1.807, 2.05) is 6.07 Å².